The number of aromatic nitrogens is 3. The summed E-state index contributed by atoms with van der Waals surface area (Å²) in [6, 6.07) is 3.93. The molecule has 1 aliphatic heterocycles. The van der Waals surface area contributed by atoms with E-state index in [9.17, 15) is 4.79 Å². The van der Waals surface area contributed by atoms with Gasteiger partial charge in [0, 0.05) is 38.8 Å². The molecule has 1 saturated heterocycles. The van der Waals surface area contributed by atoms with Crippen LogP contribution in [0.25, 0.3) is 0 Å². The van der Waals surface area contributed by atoms with Crippen molar-refractivity contribution in [2.24, 2.45) is 0 Å². The molecule has 2 aromatic rings. The van der Waals surface area contributed by atoms with Crippen LogP contribution < -0.4 is 0 Å². The minimum absolute atomic E-state index is 0.121. The number of rotatable bonds is 4. The molecule has 3 rings (SSSR count). The van der Waals surface area contributed by atoms with Crippen molar-refractivity contribution in [2.75, 3.05) is 19.6 Å². The summed E-state index contributed by atoms with van der Waals surface area (Å²) in [5.74, 6) is 1.23. The Bertz CT molecular complexity index is 713. The maximum atomic E-state index is 12.4. The van der Waals surface area contributed by atoms with E-state index in [1.165, 1.54) is 0 Å². The van der Waals surface area contributed by atoms with E-state index in [4.69, 9.17) is 4.52 Å². The first-order chi connectivity index (χ1) is 12.1. The lowest BCUT2D eigenvalue weighted by atomic mass is 10.2. The van der Waals surface area contributed by atoms with Crippen LogP contribution in [0, 0.1) is 13.8 Å². The zero-order valence-corrected chi connectivity index (χ0v) is 15.1. The molecule has 1 unspecified atom stereocenters. The number of amides is 1. The molecular weight excluding hydrogens is 318 g/mol. The van der Waals surface area contributed by atoms with Crippen LogP contribution in [-0.4, -0.2) is 50.5 Å². The number of aryl methyl sites for hydroxylation is 2. The van der Waals surface area contributed by atoms with Gasteiger partial charge in [0.1, 0.15) is 6.04 Å². The average molecular weight is 343 g/mol. The molecule has 25 heavy (non-hydrogen) atoms. The fourth-order valence-electron chi connectivity index (χ4n) is 3.18. The van der Waals surface area contributed by atoms with E-state index in [-0.39, 0.29) is 11.9 Å². The molecule has 7 nitrogen and oxygen atoms in total. The van der Waals surface area contributed by atoms with Gasteiger partial charge in [0.15, 0.2) is 5.82 Å². The van der Waals surface area contributed by atoms with E-state index in [1.54, 1.807) is 6.92 Å². The lowest BCUT2D eigenvalue weighted by molar-refractivity contribution is -0.133. The van der Waals surface area contributed by atoms with Gasteiger partial charge < -0.3 is 9.42 Å². The Morgan fingerprint density at radius 1 is 1.32 bits per heavy atom. The minimum Gasteiger partial charge on any atom is -0.337 e. The van der Waals surface area contributed by atoms with Gasteiger partial charge in [-0.15, -0.1) is 0 Å². The summed E-state index contributed by atoms with van der Waals surface area (Å²) in [6.07, 6.45) is 3.28. The summed E-state index contributed by atoms with van der Waals surface area (Å²) in [4.78, 5) is 25.5. The van der Waals surface area contributed by atoms with E-state index in [0.29, 0.717) is 31.2 Å². The maximum absolute atomic E-state index is 12.4. The summed E-state index contributed by atoms with van der Waals surface area (Å²) in [5, 5.41) is 3.91. The Kier molecular flexibility index (Phi) is 5.43. The zero-order chi connectivity index (χ0) is 17.8. The van der Waals surface area contributed by atoms with Gasteiger partial charge in [0.2, 0.25) is 5.91 Å². The fourth-order valence-corrected chi connectivity index (χ4v) is 3.18. The Balaban J connectivity index is 1.81. The molecule has 1 aliphatic rings. The molecule has 0 aliphatic carbocycles. The first-order valence-electron chi connectivity index (χ1n) is 8.80. The van der Waals surface area contributed by atoms with Gasteiger partial charge in [0.05, 0.1) is 5.69 Å². The van der Waals surface area contributed by atoms with Crippen molar-refractivity contribution < 1.29 is 9.32 Å². The van der Waals surface area contributed by atoms with E-state index < -0.39 is 0 Å². The van der Waals surface area contributed by atoms with Crippen molar-refractivity contribution in [1.29, 1.82) is 0 Å². The number of carbonyl (C=O) groups excluding carboxylic acids is 1. The van der Waals surface area contributed by atoms with Crippen molar-refractivity contribution in [3.05, 3.63) is 41.3 Å². The quantitative estimate of drug-likeness (QED) is 0.848. The molecule has 7 heteroatoms. The summed E-state index contributed by atoms with van der Waals surface area (Å²) in [6.45, 7) is 8.75. The average Bonchev–Trinajstić information content (AvgIpc) is 2.93. The maximum Gasteiger partial charge on any atom is 0.250 e. The van der Waals surface area contributed by atoms with Crippen molar-refractivity contribution in [2.45, 2.75) is 46.2 Å². The highest BCUT2D eigenvalue weighted by Gasteiger charge is 2.32. The summed E-state index contributed by atoms with van der Waals surface area (Å²) >= 11 is 0. The van der Waals surface area contributed by atoms with E-state index in [1.807, 2.05) is 24.9 Å². The van der Waals surface area contributed by atoms with Gasteiger partial charge in [-0.25, -0.2) is 0 Å². The number of pyridine rings is 1. The zero-order valence-electron chi connectivity index (χ0n) is 15.1. The van der Waals surface area contributed by atoms with Crippen LogP contribution in [0.1, 0.15) is 48.8 Å². The lowest BCUT2D eigenvalue weighted by Crippen LogP contribution is -2.38. The van der Waals surface area contributed by atoms with Crippen molar-refractivity contribution in [3.8, 4) is 0 Å². The molecule has 0 radical (unpaired) electrons. The van der Waals surface area contributed by atoms with Crippen LogP contribution in [0.4, 0.5) is 0 Å². The van der Waals surface area contributed by atoms with Crippen LogP contribution in [0.5, 0.6) is 0 Å². The second-order valence-electron chi connectivity index (χ2n) is 6.55. The molecule has 1 fully saturated rings. The highest BCUT2D eigenvalue weighted by atomic mass is 16.5. The third kappa shape index (κ3) is 4.22. The third-order valence-corrected chi connectivity index (χ3v) is 4.49. The fraction of sp³-hybridized carbons (Fsp3) is 0.556. The molecule has 2 aromatic heterocycles. The summed E-state index contributed by atoms with van der Waals surface area (Å²) < 4.78 is 5.40. The van der Waals surface area contributed by atoms with Crippen molar-refractivity contribution in [3.63, 3.8) is 0 Å². The van der Waals surface area contributed by atoms with Crippen molar-refractivity contribution in [1.82, 2.24) is 24.9 Å². The number of carbonyl (C=O) groups is 1. The van der Waals surface area contributed by atoms with Crippen LogP contribution in [-0.2, 0) is 11.3 Å². The molecule has 0 saturated carbocycles. The van der Waals surface area contributed by atoms with Gasteiger partial charge in [-0.05, 0) is 31.9 Å². The molecule has 0 bridgehead atoms. The number of nitrogens with zero attached hydrogens (tertiary/aromatic N) is 5. The molecule has 1 amide bonds. The smallest absolute Gasteiger partial charge is 0.250 e. The molecular formula is C18H25N5O2. The highest BCUT2D eigenvalue weighted by Crippen LogP contribution is 2.25. The summed E-state index contributed by atoms with van der Waals surface area (Å²) in [5.41, 5.74) is 2.18. The van der Waals surface area contributed by atoms with E-state index in [2.05, 4.69) is 32.2 Å². The van der Waals surface area contributed by atoms with Gasteiger partial charge in [-0.1, -0.05) is 18.1 Å². The molecule has 3 heterocycles. The molecule has 0 spiro atoms. The number of hydrogen-bond acceptors (Lipinski definition) is 6. The predicted molar refractivity (Wildman–Crippen MR) is 92.6 cm³/mol. The molecule has 0 aromatic carbocycles. The third-order valence-electron chi connectivity index (χ3n) is 4.49. The first kappa shape index (κ1) is 17.5. The summed E-state index contributed by atoms with van der Waals surface area (Å²) in [7, 11) is 0. The van der Waals surface area contributed by atoms with Crippen LogP contribution in [0.3, 0.4) is 0 Å². The number of hydrogen-bond donors (Lipinski definition) is 0. The van der Waals surface area contributed by atoms with Gasteiger partial charge >= 0.3 is 0 Å². The first-order valence-corrected chi connectivity index (χ1v) is 8.80. The standard InChI is InChI=1S/C18H25N5O2/c1-4-17(24)23-9-5-8-22(11-15-7-6-13(2)10-19-15)12-16(23)18-20-14(3)21-25-18/h6-7,10,16H,4-5,8-9,11-12H2,1-3H3. The predicted octanol–water partition coefficient (Wildman–Crippen LogP) is 2.27. The van der Waals surface area contributed by atoms with Crippen LogP contribution >= 0.6 is 0 Å². The Hall–Kier alpha value is -2.28. The normalized spacial score (nSPS) is 19.0. The van der Waals surface area contributed by atoms with Crippen LogP contribution in [0.2, 0.25) is 0 Å². The highest BCUT2D eigenvalue weighted by molar-refractivity contribution is 5.76. The Morgan fingerprint density at radius 2 is 2.16 bits per heavy atom. The monoisotopic (exact) mass is 343 g/mol. The van der Waals surface area contributed by atoms with E-state index >= 15 is 0 Å². The van der Waals surface area contributed by atoms with E-state index in [0.717, 1.165) is 30.8 Å². The molecule has 0 N–H and O–H groups in total. The second kappa shape index (κ2) is 7.74. The second-order valence-corrected chi connectivity index (χ2v) is 6.55. The molecule has 1 atom stereocenters. The molecule has 134 valence electrons. The topological polar surface area (TPSA) is 75.4 Å². The minimum atomic E-state index is -0.207. The van der Waals surface area contributed by atoms with Gasteiger partial charge in [0.25, 0.3) is 5.89 Å². The van der Waals surface area contributed by atoms with Crippen LogP contribution in [0.15, 0.2) is 22.9 Å². The SMILES string of the molecule is CCC(=O)N1CCCN(Cc2ccc(C)cn2)CC1c1nc(C)no1. The van der Waals surface area contributed by atoms with Gasteiger partial charge in [-0.3, -0.25) is 14.7 Å². The largest absolute Gasteiger partial charge is 0.337 e. The van der Waals surface area contributed by atoms with Gasteiger partial charge in [-0.2, -0.15) is 4.98 Å². The Labute approximate surface area is 148 Å². The lowest BCUT2D eigenvalue weighted by Gasteiger charge is -2.29. The van der Waals surface area contributed by atoms with Crippen molar-refractivity contribution >= 4 is 5.91 Å². The Morgan fingerprint density at radius 3 is 2.80 bits per heavy atom.